The van der Waals surface area contributed by atoms with Crippen LogP contribution in [0, 0.1) is 12.8 Å². The molecule has 0 spiro atoms. The van der Waals surface area contributed by atoms with Gasteiger partial charge in [-0.1, -0.05) is 12.8 Å². The standard InChI is InChI=1S/C13H20N4O/c1-9-7-16-12(8-15-9)13(18)17-11-5-3-2-4-10(11)6-14/h7-8,10-11H,2-6,14H2,1H3,(H,17,18). The van der Waals surface area contributed by atoms with Gasteiger partial charge >= 0.3 is 0 Å². The van der Waals surface area contributed by atoms with Crippen molar-refractivity contribution < 1.29 is 4.79 Å². The molecule has 1 aromatic rings. The Hall–Kier alpha value is -1.49. The number of carbonyl (C=O) groups is 1. The SMILES string of the molecule is Cc1cnc(C(=O)NC2CCCCC2CN)cn1. The van der Waals surface area contributed by atoms with Crippen LogP contribution in [0.5, 0.6) is 0 Å². The molecule has 5 nitrogen and oxygen atoms in total. The molecule has 0 saturated heterocycles. The summed E-state index contributed by atoms with van der Waals surface area (Å²) in [6.45, 7) is 2.48. The van der Waals surface area contributed by atoms with Gasteiger partial charge in [-0.3, -0.25) is 9.78 Å². The largest absolute Gasteiger partial charge is 0.348 e. The van der Waals surface area contributed by atoms with Gasteiger partial charge in [0, 0.05) is 12.2 Å². The van der Waals surface area contributed by atoms with Gasteiger partial charge in [-0.15, -0.1) is 0 Å². The fourth-order valence-corrected chi connectivity index (χ4v) is 2.43. The Morgan fingerprint density at radius 3 is 2.83 bits per heavy atom. The molecule has 0 aromatic carbocycles. The first-order chi connectivity index (χ1) is 8.70. The van der Waals surface area contributed by atoms with Gasteiger partial charge in [-0.05, 0) is 32.2 Å². The van der Waals surface area contributed by atoms with Crippen LogP contribution in [0.3, 0.4) is 0 Å². The molecular formula is C13H20N4O. The van der Waals surface area contributed by atoms with E-state index in [2.05, 4.69) is 15.3 Å². The van der Waals surface area contributed by atoms with Crippen LogP contribution in [0.25, 0.3) is 0 Å². The number of nitrogens with one attached hydrogen (secondary N) is 1. The van der Waals surface area contributed by atoms with Gasteiger partial charge in [0.05, 0.1) is 11.9 Å². The van der Waals surface area contributed by atoms with Gasteiger partial charge in [0.1, 0.15) is 5.69 Å². The van der Waals surface area contributed by atoms with Crippen molar-refractivity contribution >= 4 is 5.91 Å². The van der Waals surface area contributed by atoms with Gasteiger partial charge in [-0.2, -0.15) is 0 Å². The molecule has 3 N–H and O–H groups in total. The van der Waals surface area contributed by atoms with Crippen LogP contribution in [0.15, 0.2) is 12.4 Å². The Balaban J connectivity index is 1.99. The van der Waals surface area contributed by atoms with E-state index in [-0.39, 0.29) is 11.9 Å². The first-order valence-corrected chi connectivity index (χ1v) is 6.50. The first-order valence-electron chi connectivity index (χ1n) is 6.50. The number of aromatic nitrogens is 2. The molecule has 1 heterocycles. The molecule has 2 unspecified atom stereocenters. The maximum Gasteiger partial charge on any atom is 0.271 e. The number of nitrogens with zero attached hydrogens (tertiary/aromatic N) is 2. The summed E-state index contributed by atoms with van der Waals surface area (Å²) in [5, 5.41) is 3.03. The third kappa shape index (κ3) is 3.04. The number of amides is 1. The Morgan fingerprint density at radius 1 is 1.39 bits per heavy atom. The summed E-state index contributed by atoms with van der Waals surface area (Å²) in [5.41, 5.74) is 6.93. The highest BCUT2D eigenvalue weighted by molar-refractivity contribution is 5.92. The van der Waals surface area contributed by atoms with Gasteiger partial charge in [-0.25, -0.2) is 4.98 Å². The van der Waals surface area contributed by atoms with Gasteiger partial charge < -0.3 is 11.1 Å². The average molecular weight is 248 g/mol. The van der Waals surface area contributed by atoms with Crippen LogP contribution >= 0.6 is 0 Å². The summed E-state index contributed by atoms with van der Waals surface area (Å²) in [6.07, 6.45) is 7.59. The minimum Gasteiger partial charge on any atom is -0.348 e. The second kappa shape index (κ2) is 5.91. The maximum atomic E-state index is 12.0. The lowest BCUT2D eigenvalue weighted by Gasteiger charge is -2.31. The van der Waals surface area contributed by atoms with Crippen molar-refractivity contribution in [2.75, 3.05) is 6.54 Å². The van der Waals surface area contributed by atoms with Gasteiger partial charge in [0.25, 0.3) is 5.91 Å². The molecule has 2 rings (SSSR count). The van der Waals surface area contributed by atoms with Gasteiger partial charge in [0.15, 0.2) is 0 Å². The van der Waals surface area contributed by atoms with Crippen molar-refractivity contribution in [3.05, 3.63) is 23.8 Å². The van der Waals surface area contributed by atoms with Crippen LogP contribution < -0.4 is 11.1 Å². The maximum absolute atomic E-state index is 12.0. The summed E-state index contributed by atoms with van der Waals surface area (Å²) < 4.78 is 0. The molecule has 5 heteroatoms. The molecule has 1 aliphatic rings. The number of hydrogen-bond donors (Lipinski definition) is 2. The number of rotatable bonds is 3. The fourth-order valence-electron chi connectivity index (χ4n) is 2.43. The third-order valence-corrected chi connectivity index (χ3v) is 3.54. The van der Waals surface area contributed by atoms with E-state index < -0.39 is 0 Å². The summed E-state index contributed by atoms with van der Waals surface area (Å²) in [7, 11) is 0. The van der Waals surface area contributed by atoms with Crippen molar-refractivity contribution in [3.63, 3.8) is 0 Å². The van der Waals surface area contributed by atoms with E-state index in [9.17, 15) is 4.79 Å². The molecule has 1 fully saturated rings. The van der Waals surface area contributed by atoms with Crippen LogP contribution in [0.2, 0.25) is 0 Å². The Bertz CT molecular complexity index is 404. The van der Waals surface area contributed by atoms with Crippen LogP contribution in [-0.4, -0.2) is 28.5 Å². The minimum atomic E-state index is -0.146. The quantitative estimate of drug-likeness (QED) is 0.837. The van der Waals surface area contributed by atoms with Crippen molar-refractivity contribution in [3.8, 4) is 0 Å². The van der Waals surface area contributed by atoms with E-state index in [1.54, 1.807) is 6.20 Å². The van der Waals surface area contributed by atoms with Crippen molar-refractivity contribution in [2.24, 2.45) is 11.7 Å². The number of hydrogen-bond acceptors (Lipinski definition) is 4. The summed E-state index contributed by atoms with van der Waals surface area (Å²) in [5.74, 6) is 0.244. The van der Waals surface area contributed by atoms with E-state index in [0.29, 0.717) is 18.2 Å². The van der Waals surface area contributed by atoms with Crippen molar-refractivity contribution in [1.82, 2.24) is 15.3 Å². The topological polar surface area (TPSA) is 80.9 Å². The van der Waals surface area contributed by atoms with E-state index in [1.165, 1.54) is 12.6 Å². The summed E-state index contributed by atoms with van der Waals surface area (Å²) in [6, 6.07) is 0.180. The van der Waals surface area contributed by atoms with Crippen molar-refractivity contribution in [1.29, 1.82) is 0 Å². The van der Waals surface area contributed by atoms with Crippen LogP contribution in [0.4, 0.5) is 0 Å². The number of aryl methyl sites for hydroxylation is 1. The second-order valence-electron chi connectivity index (χ2n) is 4.90. The molecule has 1 amide bonds. The zero-order valence-corrected chi connectivity index (χ0v) is 10.7. The lowest BCUT2D eigenvalue weighted by atomic mass is 9.84. The number of carbonyl (C=O) groups excluding carboxylic acids is 1. The van der Waals surface area contributed by atoms with E-state index in [1.807, 2.05) is 6.92 Å². The third-order valence-electron chi connectivity index (χ3n) is 3.54. The van der Waals surface area contributed by atoms with Crippen LogP contribution in [-0.2, 0) is 0 Å². The second-order valence-corrected chi connectivity index (χ2v) is 4.90. The lowest BCUT2D eigenvalue weighted by Crippen LogP contribution is -2.44. The predicted molar refractivity (Wildman–Crippen MR) is 69.0 cm³/mol. The number of nitrogens with two attached hydrogens (primary N) is 1. The van der Waals surface area contributed by atoms with Crippen LogP contribution in [0.1, 0.15) is 41.9 Å². The minimum absolute atomic E-state index is 0.146. The lowest BCUT2D eigenvalue weighted by molar-refractivity contribution is 0.0902. The molecule has 2 atom stereocenters. The highest BCUT2D eigenvalue weighted by Gasteiger charge is 2.25. The Labute approximate surface area is 107 Å². The molecule has 0 radical (unpaired) electrons. The van der Waals surface area contributed by atoms with Gasteiger partial charge in [0.2, 0.25) is 0 Å². The Kier molecular flexibility index (Phi) is 4.25. The smallest absolute Gasteiger partial charge is 0.271 e. The highest BCUT2D eigenvalue weighted by atomic mass is 16.1. The Morgan fingerprint density at radius 2 is 2.17 bits per heavy atom. The molecule has 18 heavy (non-hydrogen) atoms. The van der Waals surface area contributed by atoms with E-state index in [0.717, 1.165) is 25.0 Å². The zero-order valence-electron chi connectivity index (χ0n) is 10.7. The zero-order chi connectivity index (χ0) is 13.0. The van der Waals surface area contributed by atoms with Crippen molar-refractivity contribution in [2.45, 2.75) is 38.6 Å². The summed E-state index contributed by atoms with van der Waals surface area (Å²) in [4.78, 5) is 20.2. The van der Waals surface area contributed by atoms with E-state index in [4.69, 9.17) is 5.73 Å². The molecule has 1 aromatic heterocycles. The average Bonchev–Trinajstić information content (AvgIpc) is 2.40. The monoisotopic (exact) mass is 248 g/mol. The molecule has 0 aliphatic heterocycles. The normalized spacial score (nSPS) is 23.7. The van der Waals surface area contributed by atoms with E-state index >= 15 is 0 Å². The molecule has 1 saturated carbocycles. The highest BCUT2D eigenvalue weighted by Crippen LogP contribution is 2.23. The fraction of sp³-hybridized carbons (Fsp3) is 0.615. The molecular weight excluding hydrogens is 228 g/mol. The first kappa shape index (κ1) is 13.0. The molecule has 1 aliphatic carbocycles. The molecule has 0 bridgehead atoms. The predicted octanol–water partition coefficient (Wildman–Crippen LogP) is 1.03. The molecule has 98 valence electrons. The summed E-state index contributed by atoms with van der Waals surface area (Å²) >= 11 is 0.